The Morgan fingerprint density at radius 2 is 1.67 bits per heavy atom. The molecule has 2 aromatic carbocycles. The van der Waals surface area contributed by atoms with E-state index < -0.39 is 6.04 Å². The van der Waals surface area contributed by atoms with Crippen LogP contribution < -0.4 is 5.32 Å². The van der Waals surface area contributed by atoms with E-state index in [0.717, 1.165) is 27.9 Å². The van der Waals surface area contributed by atoms with Crippen LogP contribution in [-0.4, -0.2) is 39.1 Å². The number of imide groups is 1. The fourth-order valence-electron chi connectivity index (χ4n) is 5.71. The molecular weight excluding hydrogens is 416 g/mol. The average Bonchev–Trinajstić information content (AvgIpc) is 3.59. The molecular formula is C26H24N4O3. The molecule has 2 aliphatic carbocycles. The maximum Gasteiger partial charge on any atom is 0.240 e. The zero-order chi connectivity index (χ0) is 22.5. The normalized spacial score (nSPS) is 26.2. The highest BCUT2D eigenvalue weighted by Crippen LogP contribution is 2.52. The number of imidazole rings is 1. The van der Waals surface area contributed by atoms with Gasteiger partial charge in [-0.05, 0) is 42.4 Å². The van der Waals surface area contributed by atoms with Crippen molar-refractivity contribution in [2.24, 2.45) is 23.7 Å². The fourth-order valence-corrected chi connectivity index (χ4v) is 5.71. The van der Waals surface area contributed by atoms with Crippen molar-refractivity contribution in [3.63, 3.8) is 0 Å². The Bertz CT molecular complexity index is 1220. The zero-order valence-electron chi connectivity index (χ0n) is 18.0. The van der Waals surface area contributed by atoms with E-state index in [1.165, 1.54) is 0 Å². The second-order valence-electron chi connectivity index (χ2n) is 9.21. The minimum Gasteiger partial charge on any atom is -0.344 e. The lowest BCUT2D eigenvalue weighted by Gasteiger charge is -2.20. The zero-order valence-corrected chi connectivity index (χ0v) is 18.0. The number of allylic oxidation sites excluding steroid dienone is 2. The lowest BCUT2D eigenvalue weighted by Crippen LogP contribution is -2.43. The number of aromatic nitrogens is 2. The van der Waals surface area contributed by atoms with Gasteiger partial charge in [0.15, 0.2) is 0 Å². The SMILES string of the molecule is O=C(CN1C(=O)C2C3C=CC(C3)C2C1=O)N[C@@H](Cc1ccccc1)c1nc2ccccc2[nH]1. The second-order valence-corrected chi connectivity index (χ2v) is 9.21. The van der Waals surface area contributed by atoms with Gasteiger partial charge in [-0.25, -0.2) is 4.98 Å². The molecule has 33 heavy (non-hydrogen) atoms. The van der Waals surface area contributed by atoms with Crippen molar-refractivity contribution in [3.8, 4) is 0 Å². The number of para-hydroxylation sites is 2. The Morgan fingerprint density at radius 1 is 1.00 bits per heavy atom. The number of carbonyl (C=O) groups excluding carboxylic acids is 3. The first-order valence-corrected chi connectivity index (χ1v) is 11.4. The molecule has 0 spiro atoms. The van der Waals surface area contributed by atoms with E-state index in [1.54, 1.807) is 0 Å². The van der Waals surface area contributed by atoms with E-state index in [4.69, 9.17) is 0 Å². The average molecular weight is 441 g/mol. The first kappa shape index (κ1) is 19.9. The number of nitrogens with zero attached hydrogens (tertiary/aromatic N) is 2. The summed E-state index contributed by atoms with van der Waals surface area (Å²) in [4.78, 5) is 48.1. The van der Waals surface area contributed by atoms with E-state index in [0.29, 0.717) is 12.2 Å². The van der Waals surface area contributed by atoms with Gasteiger partial charge in [0.25, 0.3) is 0 Å². The number of hydrogen-bond acceptors (Lipinski definition) is 4. The largest absolute Gasteiger partial charge is 0.344 e. The molecule has 7 nitrogen and oxygen atoms in total. The number of hydrogen-bond donors (Lipinski definition) is 2. The van der Waals surface area contributed by atoms with E-state index in [2.05, 4.69) is 27.4 Å². The molecule has 166 valence electrons. The van der Waals surface area contributed by atoms with Gasteiger partial charge in [-0.15, -0.1) is 0 Å². The third kappa shape index (κ3) is 3.35. The summed E-state index contributed by atoms with van der Waals surface area (Å²) in [6, 6.07) is 17.1. The molecule has 3 aromatic rings. The van der Waals surface area contributed by atoms with Gasteiger partial charge in [-0.3, -0.25) is 19.3 Å². The van der Waals surface area contributed by atoms with Crippen LogP contribution in [0.15, 0.2) is 66.7 Å². The molecule has 2 bridgehead atoms. The first-order chi connectivity index (χ1) is 16.1. The molecule has 3 aliphatic rings. The van der Waals surface area contributed by atoms with Gasteiger partial charge in [0.1, 0.15) is 12.4 Å². The smallest absolute Gasteiger partial charge is 0.240 e. The number of carbonyl (C=O) groups is 3. The Kier molecular flexibility index (Phi) is 4.64. The standard InChI is InChI=1S/C26H24N4O3/c31-21(14-30-25(32)22-16-10-11-17(13-16)23(22)26(30)33)27-20(12-15-6-2-1-3-7-15)24-28-18-8-4-5-9-19(18)29-24/h1-11,16-17,20,22-23H,12-14H2,(H,27,31)(H,28,29)/t16?,17?,20-,22?,23?/m0/s1. The molecule has 0 radical (unpaired) electrons. The van der Waals surface area contributed by atoms with Gasteiger partial charge in [-0.1, -0.05) is 54.6 Å². The van der Waals surface area contributed by atoms with Crippen molar-refractivity contribution >= 4 is 28.8 Å². The highest BCUT2D eigenvalue weighted by Gasteiger charge is 2.59. The number of fused-ring (bicyclic) bond motifs is 6. The van der Waals surface area contributed by atoms with E-state index >= 15 is 0 Å². The highest BCUT2D eigenvalue weighted by molar-refractivity contribution is 6.08. The monoisotopic (exact) mass is 440 g/mol. The van der Waals surface area contributed by atoms with Crippen molar-refractivity contribution in [1.29, 1.82) is 0 Å². The predicted octanol–water partition coefficient (Wildman–Crippen LogP) is 2.77. The minimum atomic E-state index is -0.419. The minimum absolute atomic E-state index is 0.130. The summed E-state index contributed by atoms with van der Waals surface area (Å²) >= 11 is 0. The van der Waals surface area contributed by atoms with Gasteiger partial charge in [0.05, 0.1) is 28.9 Å². The van der Waals surface area contributed by atoms with Crippen LogP contribution in [0.2, 0.25) is 0 Å². The molecule has 6 rings (SSSR count). The molecule has 5 atom stereocenters. The molecule has 1 saturated carbocycles. The summed E-state index contributed by atoms with van der Waals surface area (Å²) in [6.07, 6.45) is 5.52. The number of amides is 3. The van der Waals surface area contributed by atoms with Gasteiger partial charge in [-0.2, -0.15) is 0 Å². The van der Waals surface area contributed by atoms with E-state index in [9.17, 15) is 14.4 Å². The van der Waals surface area contributed by atoms with Crippen molar-refractivity contribution in [1.82, 2.24) is 20.2 Å². The lowest BCUT2D eigenvalue weighted by atomic mass is 9.85. The third-order valence-corrected chi connectivity index (χ3v) is 7.22. The molecule has 1 aromatic heterocycles. The van der Waals surface area contributed by atoms with Crippen molar-refractivity contribution in [2.45, 2.75) is 18.9 Å². The summed E-state index contributed by atoms with van der Waals surface area (Å²) in [5.41, 5.74) is 2.76. The molecule has 2 N–H and O–H groups in total. The molecule has 3 amide bonds. The Morgan fingerprint density at radius 3 is 2.36 bits per heavy atom. The van der Waals surface area contributed by atoms with E-state index in [-0.39, 0.29) is 47.9 Å². The lowest BCUT2D eigenvalue weighted by molar-refractivity contribution is -0.144. The van der Waals surface area contributed by atoms with Crippen LogP contribution in [0, 0.1) is 23.7 Å². The predicted molar refractivity (Wildman–Crippen MR) is 122 cm³/mol. The molecule has 2 heterocycles. The van der Waals surface area contributed by atoms with E-state index in [1.807, 2.05) is 54.6 Å². The molecule has 4 unspecified atom stereocenters. The van der Waals surface area contributed by atoms with Gasteiger partial charge in [0.2, 0.25) is 17.7 Å². The quantitative estimate of drug-likeness (QED) is 0.455. The van der Waals surface area contributed by atoms with Crippen LogP contribution in [-0.2, 0) is 20.8 Å². The second kappa shape index (κ2) is 7.69. The third-order valence-electron chi connectivity index (χ3n) is 7.22. The van der Waals surface area contributed by atoms with Gasteiger partial charge >= 0.3 is 0 Å². The summed E-state index contributed by atoms with van der Waals surface area (Å²) in [7, 11) is 0. The molecule has 1 aliphatic heterocycles. The number of benzene rings is 2. The summed E-state index contributed by atoms with van der Waals surface area (Å²) in [5.74, 6) is -0.464. The Labute approximate surface area is 190 Å². The maximum atomic E-state index is 13.1. The van der Waals surface area contributed by atoms with Crippen LogP contribution >= 0.6 is 0 Å². The van der Waals surface area contributed by atoms with Gasteiger partial charge in [0, 0.05) is 0 Å². The summed E-state index contributed by atoms with van der Waals surface area (Å²) in [6.45, 7) is -0.254. The van der Waals surface area contributed by atoms with Gasteiger partial charge < -0.3 is 10.3 Å². The highest BCUT2D eigenvalue weighted by atomic mass is 16.2. The first-order valence-electron chi connectivity index (χ1n) is 11.4. The maximum absolute atomic E-state index is 13.1. The Hall–Kier alpha value is -3.74. The van der Waals surface area contributed by atoms with Crippen LogP contribution in [0.5, 0.6) is 0 Å². The Balaban J connectivity index is 1.22. The van der Waals surface area contributed by atoms with Crippen LogP contribution in [0.4, 0.5) is 0 Å². The topological polar surface area (TPSA) is 95.2 Å². The number of H-pyrrole nitrogens is 1. The number of nitrogens with one attached hydrogen (secondary N) is 2. The van der Waals surface area contributed by atoms with Crippen LogP contribution in [0.25, 0.3) is 11.0 Å². The van der Waals surface area contributed by atoms with Crippen LogP contribution in [0.3, 0.4) is 0 Å². The summed E-state index contributed by atoms with van der Waals surface area (Å²) < 4.78 is 0. The molecule has 7 heteroatoms. The van der Waals surface area contributed by atoms with Crippen molar-refractivity contribution in [2.75, 3.05) is 6.54 Å². The number of aromatic amines is 1. The number of likely N-dealkylation sites (tertiary alicyclic amines) is 1. The summed E-state index contributed by atoms with van der Waals surface area (Å²) in [5, 5.41) is 3.02. The van der Waals surface area contributed by atoms with Crippen LogP contribution in [0.1, 0.15) is 23.9 Å². The number of rotatable bonds is 6. The molecule has 1 saturated heterocycles. The van der Waals surface area contributed by atoms with Crippen molar-refractivity contribution < 1.29 is 14.4 Å². The fraction of sp³-hybridized carbons (Fsp3) is 0.308. The molecule has 2 fully saturated rings. The van der Waals surface area contributed by atoms with Crippen molar-refractivity contribution in [3.05, 3.63) is 78.1 Å².